The number of Topliss-reactive ketones (excluding diaryl/α,β-unsaturated/α-hetero) is 1. The Hall–Kier alpha value is -3.71. The zero-order chi connectivity index (χ0) is 29.5. The van der Waals surface area contributed by atoms with E-state index in [4.69, 9.17) is 9.47 Å². The topological polar surface area (TPSA) is 113 Å². The van der Waals surface area contributed by atoms with Gasteiger partial charge in [0.2, 0.25) is 15.8 Å². The standard InChI is InChI=1S/C29H30F2N2O7S/c30-29(31,20-32(17-23-12-6-2-7-13-23)41(37,38)25-14-8-3-9-15-25)27(34)26(16-22-10-4-1-5-11-22)33(28(35)36)24-18-39-21-40-19-24/h1-15,24,26H,16-21H2,(H,35,36)/t26-/m0/s1. The van der Waals surface area contributed by atoms with Crippen LogP contribution in [0.1, 0.15) is 11.1 Å². The summed E-state index contributed by atoms with van der Waals surface area (Å²) < 4.78 is 70.0. The van der Waals surface area contributed by atoms with Gasteiger partial charge < -0.3 is 14.6 Å². The van der Waals surface area contributed by atoms with Gasteiger partial charge >= 0.3 is 12.0 Å². The smallest absolute Gasteiger partial charge is 0.408 e. The van der Waals surface area contributed by atoms with Crippen LogP contribution in [-0.4, -0.2) is 79.2 Å². The Kier molecular flexibility index (Phi) is 9.81. The maximum Gasteiger partial charge on any atom is 0.408 e. The van der Waals surface area contributed by atoms with Crippen LogP contribution in [0.25, 0.3) is 0 Å². The average molecular weight is 589 g/mol. The Bertz CT molecular complexity index is 1400. The number of carbonyl (C=O) groups excluding carboxylic acids is 1. The number of ketones is 1. The predicted molar refractivity (Wildman–Crippen MR) is 145 cm³/mol. The molecule has 12 heteroatoms. The lowest BCUT2D eigenvalue weighted by Gasteiger charge is -2.38. The Morgan fingerprint density at radius 3 is 1.93 bits per heavy atom. The van der Waals surface area contributed by atoms with Crippen molar-refractivity contribution in [1.29, 1.82) is 0 Å². The molecule has 41 heavy (non-hydrogen) atoms. The third-order valence-corrected chi connectivity index (χ3v) is 8.44. The molecule has 1 aliphatic heterocycles. The molecule has 4 rings (SSSR count). The van der Waals surface area contributed by atoms with Crippen molar-refractivity contribution in [3.8, 4) is 0 Å². The number of carboxylic acid groups (broad SMARTS) is 1. The van der Waals surface area contributed by atoms with E-state index in [2.05, 4.69) is 0 Å². The number of rotatable bonds is 12. The molecule has 1 amide bonds. The summed E-state index contributed by atoms with van der Waals surface area (Å²) in [6, 6.07) is 20.5. The van der Waals surface area contributed by atoms with Crippen molar-refractivity contribution in [2.24, 2.45) is 0 Å². The molecule has 1 saturated heterocycles. The highest BCUT2D eigenvalue weighted by atomic mass is 32.2. The van der Waals surface area contributed by atoms with Crippen molar-refractivity contribution >= 4 is 21.9 Å². The van der Waals surface area contributed by atoms with E-state index in [1.165, 1.54) is 24.3 Å². The molecule has 0 aromatic heterocycles. The number of benzene rings is 3. The zero-order valence-corrected chi connectivity index (χ0v) is 22.8. The molecule has 0 unspecified atom stereocenters. The maximum atomic E-state index is 16.0. The molecular weight excluding hydrogens is 558 g/mol. The van der Waals surface area contributed by atoms with Gasteiger partial charge in [-0.1, -0.05) is 78.9 Å². The van der Waals surface area contributed by atoms with Crippen LogP contribution >= 0.6 is 0 Å². The number of alkyl halides is 2. The van der Waals surface area contributed by atoms with Crippen LogP contribution in [-0.2, 0) is 37.3 Å². The number of ether oxygens (including phenoxy) is 2. The highest BCUT2D eigenvalue weighted by Crippen LogP contribution is 2.29. The van der Waals surface area contributed by atoms with Crippen LogP contribution in [0.5, 0.6) is 0 Å². The van der Waals surface area contributed by atoms with Gasteiger partial charge in [-0.25, -0.2) is 13.2 Å². The Morgan fingerprint density at radius 2 is 1.39 bits per heavy atom. The lowest BCUT2D eigenvalue weighted by Crippen LogP contribution is -2.60. The first kappa shape index (κ1) is 30.3. The largest absolute Gasteiger partial charge is 0.465 e. The molecule has 1 N–H and O–H groups in total. The number of hydrogen-bond donors (Lipinski definition) is 1. The highest BCUT2D eigenvalue weighted by molar-refractivity contribution is 7.89. The van der Waals surface area contributed by atoms with Crippen molar-refractivity contribution in [3.05, 3.63) is 102 Å². The van der Waals surface area contributed by atoms with Crippen molar-refractivity contribution in [2.75, 3.05) is 26.6 Å². The monoisotopic (exact) mass is 588 g/mol. The molecule has 0 aliphatic carbocycles. The molecule has 218 valence electrons. The van der Waals surface area contributed by atoms with Gasteiger partial charge in [-0.05, 0) is 23.3 Å². The van der Waals surface area contributed by atoms with Crippen LogP contribution in [0.4, 0.5) is 13.6 Å². The molecule has 1 atom stereocenters. The van der Waals surface area contributed by atoms with E-state index in [1.54, 1.807) is 66.7 Å². The molecule has 1 heterocycles. The van der Waals surface area contributed by atoms with E-state index < -0.39 is 53.0 Å². The molecule has 0 spiro atoms. The molecule has 0 saturated carbocycles. The quantitative estimate of drug-likeness (QED) is 0.340. The summed E-state index contributed by atoms with van der Waals surface area (Å²) in [7, 11) is -4.48. The first-order valence-corrected chi connectivity index (χ1v) is 14.3. The Balaban J connectivity index is 1.71. The van der Waals surface area contributed by atoms with Crippen molar-refractivity contribution < 1.29 is 41.4 Å². The Morgan fingerprint density at radius 1 is 0.878 bits per heavy atom. The molecule has 0 bridgehead atoms. The SMILES string of the molecule is O=C(O)N(C1COCOC1)[C@@H](Cc1ccccc1)C(=O)C(F)(F)CN(Cc1ccccc1)S(=O)(=O)c1ccccc1. The molecule has 0 radical (unpaired) electrons. The van der Waals surface area contributed by atoms with Gasteiger partial charge in [0.05, 0.1) is 30.7 Å². The number of amides is 1. The summed E-state index contributed by atoms with van der Waals surface area (Å²) in [6.07, 6.45) is -1.96. The third-order valence-electron chi connectivity index (χ3n) is 6.63. The summed E-state index contributed by atoms with van der Waals surface area (Å²) in [4.78, 5) is 26.4. The summed E-state index contributed by atoms with van der Waals surface area (Å²) in [5.74, 6) is -5.99. The van der Waals surface area contributed by atoms with Crippen LogP contribution in [0.15, 0.2) is 95.9 Å². The van der Waals surface area contributed by atoms with Crippen LogP contribution in [0.3, 0.4) is 0 Å². The van der Waals surface area contributed by atoms with Gasteiger partial charge in [0.25, 0.3) is 0 Å². The maximum absolute atomic E-state index is 16.0. The molecule has 3 aromatic carbocycles. The van der Waals surface area contributed by atoms with Crippen LogP contribution in [0.2, 0.25) is 0 Å². The number of nitrogens with zero attached hydrogens (tertiary/aromatic N) is 2. The van der Waals surface area contributed by atoms with Gasteiger partial charge in [-0.2, -0.15) is 13.1 Å². The van der Waals surface area contributed by atoms with Crippen molar-refractivity contribution in [3.63, 3.8) is 0 Å². The van der Waals surface area contributed by atoms with E-state index in [0.717, 1.165) is 0 Å². The summed E-state index contributed by atoms with van der Waals surface area (Å²) in [6.45, 7) is -2.33. The van der Waals surface area contributed by atoms with Gasteiger partial charge in [0.1, 0.15) is 12.8 Å². The molecule has 3 aromatic rings. The number of carbonyl (C=O) groups is 2. The van der Waals surface area contributed by atoms with E-state index in [-0.39, 0.29) is 31.3 Å². The lowest BCUT2D eigenvalue weighted by atomic mass is 9.95. The fourth-order valence-electron chi connectivity index (χ4n) is 4.63. The summed E-state index contributed by atoms with van der Waals surface area (Å²) in [5.41, 5.74) is 0.878. The molecule has 9 nitrogen and oxygen atoms in total. The van der Waals surface area contributed by atoms with Crippen LogP contribution in [0, 0.1) is 0 Å². The third kappa shape index (κ3) is 7.53. The average Bonchev–Trinajstić information content (AvgIpc) is 2.98. The van der Waals surface area contributed by atoms with Crippen molar-refractivity contribution in [1.82, 2.24) is 9.21 Å². The summed E-state index contributed by atoms with van der Waals surface area (Å²) in [5, 5.41) is 10.1. The number of sulfonamides is 1. The fourth-order valence-corrected chi connectivity index (χ4v) is 6.08. The zero-order valence-electron chi connectivity index (χ0n) is 22.0. The minimum absolute atomic E-state index is 0.0940. The highest BCUT2D eigenvalue weighted by Gasteiger charge is 2.50. The van der Waals surface area contributed by atoms with Crippen LogP contribution < -0.4 is 0 Å². The first-order valence-electron chi connectivity index (χ1n) is 12.8. The molecular formula is C29H30F2N2O7S. The molecule has 1 aliphatic rings. The molecule has 1 fully saturated rings. The summed E-state index contributed by atoms with van der Waals surface area (Å²) >= 11 is 0. The minimum atomic E-state index is -4.48. The van der Waals surface area contributed by atoms with E-state index in [9.17, 15) is 23.1 Å². The van der Waals surface area contributed by atoms with Crippen molar-refractivity contribution in [2.45, 2.75) is 35.9 Å². The van der Waals surface area contributed by atoms with Gasteiger partial charge in [-0.3, -0.25) is 9.69 Å². The second kappa shape index (κ2) is 13.3. The van der Waals surface area contributed by atoms with Gasteiger partial charge in [0, 0.05) is 13.0 Å². The van der Waals surface area contributed by atoms with Gasteiger partial charge in [-0.15, -0.1) is 0 Å². The predicted octanol–water partition coefficient (Wildman–Crippen LogP) is 4.05. The second-order valence-corrected chi connectivity index (χ2v) is 11.5. The van der Waals surface area contributed by atoms with E-state index in [0.29, 0.717) is 20.3 Å². The number of halogens is 2. The lowest BCUT2D eigenvalue weighted by molar-refractivity contribution is -0.158. The van der Waals surface area contributed by atoms with Gasteiger partial charge in [0.15, 0.2) is 0 Å². The normalized spacial score (nSPS) is 15.4. The number of hydrogen-bond acceptors (Lipinski definition) is 6. The van der Waals surface area contributed by atoms with E-state index in [1.807, 2.05) is 0 Å². The minimum Gasteiger partial charge on any atom is -0.465 e. The fraction of sp³-hybridized carbons (Fsp3) is 0.310. The second-order valence-electron chi connectivity index (χ2n) is 9.55. The first-order chi connectivity index (χ1) is 19.6. The van der Waals surface area contributed by atoms with E-state index >= 15 is 8.78 Å². The Labute approximate surface area is 237 Å².